The summed E-state index contributed by atoms with van der Waals surface area (Å²) in [6.07, 6.45) is 3.78. The summed E-state index contributed by atoms with van der Waals surface area (Å²) in [5.74, 6) is 0.837. The molecule has 1 aliphatic rings. The molecule has 0 aromatic heterocycles. The first-order valence-corrected chi connectivity index (χ1v) is 7.44. The van der Waals surface area contributed by atoms with Gasteiger partial charge >= 0.3 is 0 Å². The highest BCUT2D eigenvalue weighted by Gasteiger charge is 2.23. The third-order valence-corrected chi connectivity index (χ3v) is 4.71. The van der Waals surface area contributed by atoms with Crippen LogP contribution in [0, 0.1) is 5.92 Å². The summed E-state index contributed by atoms with van der Waals surface area (Å²) in [6.45, 7) is 2.30. The van der Waals surface area contributed by atoms with Crippen molar-refractivity contribution in [3.05, 3.63) is 58.1 Å². The van der Waals surface area contributed by atoms with Gasteiger partial charge in [0.25, 0.3) is 0 Å². The van der Waals surface area contributed by atoms with Crippen LogP contribution < -0.4 is 0 Å². The first-order chi connectivity index (χ1) is 8.79. The van der Waals surface area contributed by atoms with E-state index < -0.39 is 0 Å². The molecule has 0 radical (unpaired) electrons. The van der Waals surface area contributed by atoms with Gasteiger partial charge in [0.2, 0.25) is 0 Å². The Balaban J connectivity index is 2.11. The average Bonchev–Trinajstić information content (AvgIpc) is 2.82. The van der Waals surface area contributed by atoms with E-state index in [4.69, 9.17) is 0 Å². The van der Waals surface area contributed by atoms with Crippen LogP contribution in [0.3, 0.4) is 0 Å². The standard InChI is InChI=1S/C17H17Br/c1-2-12-10-13-6-5-8-14(16(13)11-12)15-7-3-4-9-17(15)18/h3-9,12H,2,10-11H2,1H3. The van der Waals surface area contributed by atoms with Gasteiger partial charge in [-0.1, -0.05) is 65.7 Å². The lowest BCUT2D eigenvalue weighted by atomic mass is 9.96. The fraction of sp³-hybridized carbons (Fsp3) is 0.294. The summed E-state index contributed by atoms with van der Waals surface area (Å²) in [5, 5.41) is 0. The second-order valence-corrected chi connectivity index (χ2v) is 5.96. The van der Waals surface area contributed by atoms with Crippen molar-refractivity contribution in [3.8, 4) is 11.1 Å². The van der Waals surface area contributed by atoms with Crippen LogP contribution in [0.5, 0.6) is 0 Å². The van der Waals surface area contributed by atoms with E-state index in [9.17, 15) is 0 Å². The van der Waals surface area contributed by atoms with Crippen LogP contribution in [-0.4, -0.2) is 0 Å². The Morgan fingerprint density at radius 2 is 1.78 bits per heavy atom. The average molecular weight is 301 g/mol. The Labute approximate surface area is 117 Å². The number of halogens is 1. The van der Waals surface area contributed by atoms with E-state index >= 15 is 0 Å². The van der Waals surface area contributed by atoms with Crippen molar-refractivity contribution in [2.24, 2.45) is 5.92 Å². The zero-order valence-corrected chi connectivity index (χ0v) is 12.2. The van der Waals surface area contributed by atoms with Gasteiger partial charge in [-0.15, -0.1) is 0 Å². The van der Waals surface area contributed by atoms with Crippen LogP contribution in [0.15, 0.2) is 46.9 Å². The van der Waals surface area contributed by atoms with Crippen LogP contribution >= 0.6 is 15.9 Å². The number of fused-ring (bicyclic) bond motifs is 1. The molecule has 1 aliphatic carbocycles. The maximum absolute atomic E-state index is 3.67. The van der Waals surface area contributed by atoms with E-state index in [1.54, 1.807) is 11.1 Å². The van der Waals surface area contributed by atoms with Gasteiger partial charge in [-0.05, 0) is 47.1 Å². The highest BCUT2D eigenvalue weighted by Crippen LogP contribution is 2.38. The molecule has 1 unspecified atom stereocenters. The number of hydrogen-bond donors (Lipinski definition) is 0. The predicted octanol–water partition coefficient (Wildman–Crippen LogP) is 5.24. The minimum Gasteiger partial charge on any atom is -0.0651 e. The van der Waals surface area contributed by atoms with Crippen LogP contribution in [-0.2, 0) is 12.8 Å². The van der Waals surface area contributed by atoms with Crippen LogP contribution in [0.25, 0.3) is 11.1 Å². The van der Waals surface area contributed by atoms with Crippen LogP contribution in [0.2, 0.25) is 0 Å². The van der Waals surface area contributed by atoms with Crippen molar-refractivity contribution < 1.29 is 0 Å². The molecular formula is C17H17Br. The monoisotopic (exact) mass is 300 g/mol. The normalized spacial score (nSPS) is 17.8. The van der Waals surface area contributed by atoms with Gasteiger partial charge in [-0.3, -0.25) is 0 Å². The largest absolute Gasteiger partial charge is 0.0651 e. The summed E-state index contributed by atoms with van der Waals surface area (Å²) < 4.78 is 1.19. The molecule has 0 amide bonds. The van der Waals surface area contributed by atoms with Gasteiger partial charge < -0.3 is 0 Å². The zero-order valence-electron chi connectivity index (χ0n) is 10.6. The smallest absolute Gasteiger partial charge is 0.0253 e. The van der Waals surface area contributed by atoms with Gasteiger partial charge in [-0.25, -0.2) is 0 Å². The highest BCUT2D eigenvalue weighted by molar-refractivity contribution is 9.10. The molecule has 1 heteroatoms. The predicted molar refractivity (Wildman–Crippen MR) is 80.8 cm³/mol. The molecule has 2 aromatic carbocycles. The molecule has 3 rings (SSSR count). The summed E-state index contributed by atoms with van der Waals surface area (Å²) in [6, 6.07) is 15.3. The number of hydrogen-bond acceptors (Lipinski definition) is 0. The Bertz CT molecular complexity index is 572. The Morgan fingerprint density at radius 1 is 1.00 bits per heavy atom. The Hall–Kier alpha value is -1.08. The minimum absolute atomic E-state index is 0.837. The van der Waals surface area contributed by atoms with Crippen molar-refractivity contribution in [1.29, 1.82) is 0 Å². The Kier molecular flexibility index (Phi) is 3.25. The highest BCUT2D eigenvalue weighted by atomic mass is 79.9. The fourth-order valence-corrected chi connectivity index (χ4v) is 3.46. The van der Waals surface area contributed by atoms with Crippen LogP contribution in [0.1, 0.15) is 24.5 Å². The molecule has 0 aliphatic heterocycles. The molecule has 1 atom stereocenters. The molecule has 92 valence electrons. The molecule has 0 N–H and O–H groups in total. The molecule has 0 bridgehead atoms. The van der Waals surface area contributed by atoms with E-state index in [1.165, 1.54) is 34.9 Å². The van der Waals surface area contributed by atoms with Gasteiger partial charge in [0.05, 0.1) is 0 Å². The van der Waals surface area contributed by atoms with E-state index in [-0.39, 0.29) is 0 Å². The Morgan fingerprint density at radius 3 is 2.56 bits per heavy atom. The fourth-order valence-electron chi connectivity index (χ4n) is 2.96. The first-order valence-electron chi connectivity index (χ1n) is 6.65. The molecule has 0 spiro atoms. The lowest BCUT2D eigenvalue weighted by molar-refractivity contribution is 0.543. The second kappa shape index (κ2) is 4.89. The molecular weight excluding hydrogens is 284 g/mol. The van der Waals surface area contributed by atoms with E-state index in [1.807, 2.05) is 0 Å². The van der Waals surface area contributed by atoms with Crippen molar-refractivity contribution >= 4 is 15.9 Å². The number of benzene rings is 2. The lowest BCUT2D eigenvalue weighted by Crippen LogP contribution is -1.96. The maximum atomic E-state index is 3.67. The molecule has 2 aromatic rings. The summed E-state index contributed by atoms with van der Waals surface area (Å²) in [5.41, 5.74) is 5.85. The van der Waals surface area contributed by atoms with E-state index in [0.29, 0.717) is 0 Å². The zero-order chi connectivity index (χ0) is 12.5. The van der Waals surface area contributed by atoms with Gasteiger partial charge in [0.1, 0.15) is 0 Å². The lowest BCUT2D eigenvalue weighted by Gasteiger charge is -2.10. The van der Waals surface area contributed by atoms with E-state index in [0.717, 1.165) is 5.92 Å². The van der Waals surface area contributed by atoms with E-state index in [2.05, 4.69) is 65.3 Å². The van der Waals surface area contributed by atoms with Crippen molar-refractivity contribution in [2.75, 3.05) is 0 Å². The quantitative estimate of drug-likeness (QED) is 0.711. The van der Waals surface area contributed by atoms with Crippen molar-refractivity contribution in [2.45, 2.75) is 26.2 Å². The third kappa shape index (κ3) is 2.01. The molecule has 0 saturated heterocycles. The van der Waals surface area contributed by atoms with Gasteiger partial charge in [0, 0.05) is 4.47 Å². The summed E-state index contributed by atoms with van der Waals surface area (Å²) >= 11 is 3.67. The van der Waals surface area contributed by atoms with Crippen LogP contribution in [0.4, 0.5) is 0 Å². The topological polar surface area (TPSA) is 0 Å². The van der Waals surface area contributed by atoms with Crippen molar-refractivity contribution in [3.63, 3.8) is 0 Å². The molecule has 0 nitrogen and oxygen atoms in total. The second-order valence-electron chi connectivity index (χ2n) is 5.11. The molecule has 0 fully saturated rings. The summed E-state index contributed by atoms with van der Waals surface area (Å²) in [4.78, 5) is 0. The third-order valence-electron chi connectivity index (χ3n) is 4.02. The van der Waals surface area contributed by atoms with Gasteiger partial charge in [-0.2, -0.15) is 0 Å². The number of rotatable bonds is 2. The molecule has 18 heavy (non-hydrogen) atoms. The van der Waals surface area contributed by atoms with Crippen molar-refractivity contribution in [1.82, 2.24) is 0 Å². The van der Waals surface area contributed by atoms with Gasteiger partial charge in [0.15, 0.2) is 0 Å². The molecule has 0 heterocycles. The first kappa shape index (κ1) is 12.0. The minimum atomic E-state index is 0.837. The maximum Gasteiger partial charge on any atom is 0.0253 e. The summed E-state index contributed by atoms with van der Waals surface area (Å²) in [7, 11) is 0. The molecule has 0 saturated carbocycles. The SMILES string of the molecule is CCC1Cc2cccc(-c3ccccc3Br)c2C1.